The molecular formula is C13H17NO. The number of benzene rings is 1. The van der Waals surface area contributed by atoms with Gasteiger partial charge in [-0.15, -0.1) is 0 Å². The molecule has 1 aromatic rings. The van der Waals surface area contributed by atoms with Gasteiger partial charge in [-0.2, -0.15) is 0 Å². The van der Waals surface area contributed by atoms with Crippen LogP contribution in [0.1, 0.15) is 29.5 Å². The Hall–Kier alpha value is -0.860. The molecule has 0 radical (unpaired) electrons. The van der Waals surface area contributed by atoms with E-state index in [0.29, 0.717) is 0 Å². The second-order valence-electron chi connectivity index (χ2n) is 5.00. The van der Waals surface area contributed by atoms with E-state index in [4.69, 9.17) is 0 Å². The van der Waals surface area contributed by atoms with Crippen LogP contribution < -0.4 is 0 Å². The van der Waals surface area contributed by atoms with Crippen molar-refractivity contribution < 1.29 is 5.11 Å². The van der Waals surface area contributed by atoms with Crippen LogP contribution in [0, 0.1) is 0 Å². The van der Waals surface area contributed by atoms with Crippen molar-refractivity contribution in [1.29, 1.82) is 0 Å². The average molecular weight is 203 g/mol. The van der Waals surface area contributed by atoms with Crippen LogP contribution in [0.4, 0.5) is 0 Å². The standard InChI is InChI=1S/C13H17NO/c1-14-7-4-10-8-12(13(15)5-6-13)3-2-11(10)9-14/h2-3,8,15H,4-7,9H2,1H3. The third-order valence-corrected chi connectivity index (χ3v) is 3.67. The van der Waals surface area contributed by atoms with E-state index in [9.17, 15) is 5.11 Å². The van der Waals surface area contributed by atoms with Crippen LogP contribution in [-0.4, -0.2) is 23.6 Å². The summed E-state index contributed by atoms with van der Waals surface area (Å²) in [6.45, 7) is 2.18. The average Bonchev–Trinajstić information content (AvgIpc) is 2.97. The molecule has 3 rings (SSSR count). The topological polar surface area (TPSA) is 23.5 Å². The first kappa shape index (κ1) is 9.37. The van der Waals surface area contributed by atoms with E-state index in [0.717, 1.165) is 37.9 Å². The van der Waals surface area contributed by atoms with Gasteiger partial charge in [0.25, 0.3) is 0 Å². The molecule has 0 amide bonds. The Labute approximate surface area is 90.5 Å². The predicted octanol–water partition coefficient (Wildman–Crippen LogP) is 1.66. The monoisotopic (exact) mass is 203 g/mol. The van der Waals surface area contributed by atoms with Crippen molar-refractivity contribution in [1.82, 2.24) is 4.90 Å². The zero-order chi connectivity index (χ0) is 10.5. The van der Waals surface area contributed by atoms with Crippen molar-refractivity contribution in [2.75, 3.05) is 13.6 Å². The highest BCUT2D eigenvalue weighted by molar-refractivity contribution is 5.38. The molecule has 0 bridgehead atoms. The largest absolute Gasteiger partial charge is 0.385 e. The van der Waals surface area contributed by atoms with Gasteiger partial charge in [0.05, 0.1) is 5.60 Å². The van der Waals surface area contributed by atoms with Crippen molar-refractivity contribution in [2.45, 2.75) is 31.4 Å². The summed E-state index contributed by atoms with van der Waals surface area (Å²) in [4.78, 5) is 2.34. The summed E-state index contributed by atoms with van der Waals surface area (Å²) < 4.78 is 0. The highest BCUT2D eigenvalue weighted by Gasteiger charge is 2.42. The molecule has 1 aliphatic heterocycles. The maximum absolute atomic E-state index is 10.0. The summed E-state index contributed by atoms with van der Waals surface area (Å²) in [6, 6.07) is 6.51. The minimum Gasteiger partial charge on any atom is -0.385 e. The van der Waals surface area contributed by atoms with Crippen LogP contribution in [0.5, 0.6) is 0 Å². The first-order chi connectivity index (χ1) is 7.17. The fraction of sp³-hybridized carbons (Fsp3) is 0.538. The summed E-state index contributed by atoms with van der Waals surface area (Å²) >= 11 is 0. The van der Waals surface area contributed by atoms with Gasteiger partial charge in [0.1, 0.15) is 0 Å². The highest BCUT2D eigenvalue weighted by atomic mass is 16.3. The molecule has 1 N–H and O–H groups in total. The fourth-order valence-electron chi connectivity index (χ4n) is 2.39. The van der Waals surface area contributed by atoms with E-state index in [1.165, 1.54) is 11.1 Å². The molecule has 80 valence electrons. The number of fused-ring (bicyclic) bond motifs is 1. The maximum atomic E-state index is 10.0. The van der Waals surface area contributed by atoms with E-state index < -0.39 is 5.60 Å². The summed E-state index contributed by atoms with van der Waals surface area (Å²) in [5.41, 5.74) is 3.52. The summed E-state index contributed by atoms with van der Waals surface area (Å²) in [7, 11) is 2.16. The van der Waals surface area contributed by atoms with Crippen molar-refractivity contribution >= 4 is 0 Å². The van der Waals surface area contributed by atoms with Gasteiger partial charge in [0.15, 0.2) is 0 Å². The molecule has 2 aliphatic rings. The summed E-state index contributed by atoms with van der Waals surface area (Å²) in [5, 5.41) is 10.0. The first-order valence-electron chi connectivity index (χ1n) is 5.71. The van der Waals surface area contributed by atoms with Gasteiger partial charge in [0.2, 0.25) is 0 Å². The Kier molecular flexibility index (Phi) is 1.91. The van der Waals surface area contributed by atoms with Crippen LogP contribution in [0.25, 0.3) is 0 Å². The van der Waals surface area contributed by atoms with Crippen LogP contribution in [0.3, 0.4) is 0 Å². The van der Waals surface area contributed by atoms with Gasteiger partial charge >= 0.3 is 0 Å². The third-order valence-electron chi connectivity index (χ3n) is 3.67. The minimum absolute atomic E-state index is 0.474. The molecule has 15 heavy (non-hydrogen) atoms. The second kappa shape index (κ2) is 3.06. The van der Waals surface area contributed by atoms with Crippen molar-refractivity contribution in [3.8, 4) is 0 Å². The zero-order valence-corrected chi connectivity index (χ0v) is 9.16. The number of aliphatic hydroxyl groups is 1. The van der Waals surface area contributed by atoms with Crippen molar-refractivity contribution in [3.63, 3.8) is 0 Å². The van der Waals surface area contributed by atoms with Crippen molar-refractivity contribution in [3.05, 3.63) is 34.9 Å². The Bertz CT molecular complexity index is 396. The number of hydrogen-bond acceptors (Lipinski definition) is 2. The van der Waals surface area contributed by atoms with Gasteiger partial charge in [-0.25, -0.2) is 0 Å². The molecule has 1 heterocycles. The lowest BCUT2D eigenvalue weighted by Crippen LogP contribution is -2.26. The highest BCUT2D eigenvalue weighted by Crippen LogP contribution is 2.45. The van der Waals surface area contributed by atoms with Gasteiger partial charge in [-0.1, -0.05) is 18.2 Å². The molecule has 2 heteroatoms. The Morgan fingerprint density at radius 2 is 2.07 bits per heavy atom. The number of rotatable bonds is 1. The molecule has 0 unspecified atom stereocenters. The Morgan fingerprint density at radius 3 is 2.80 bits per heavy atom. The molecule has 0 saturated heterocycles. The van der Waals surface area contributed by atoms with E-state index in [-0.39, 0.29) is 0 Å². The molecule has 0 aromatic heterocycles. The summed E-state index contributed by atoms with van der Waals surface area (Å²) in [5.74, 6) is 0. The van der Waals surface area contributed by atoms with E-state index in [1.807, 2.05) is 0 Å². The maximum Gasteiger partial charge on any atom is 0.0899 e. The summed E-state index contributed by atoms with van der Waals surface area (Å²) in [6.07, 6.45) is 2.99. The molecular weight excluding hydrogens is 186 g/mol. The molecule has 1 aliphatic carbocycles. The van der Waals surface area contributed by atoms with Crippen LogP contribution >= 0.6 is 0 Å². The van der Waals surface area contributed by atoms with Crippen LogP contribution in [0.2, 0.25) is 0 Å². The Morgan fingerprint density at radius 1 is 1.27 bits per heavy atom. The van der Waals surface area contributed by atoms with Crippen molar-refractivity contribution in [2.24, 2.45) is 0 Å². The SMILES string of the molecule is CN1CCc2cc(C3(O)CC3)ccc2C1. The Balaban J connectivity index is 1.96. The third kappa shape index (κ3) is 1.58. The lowest BCUT2D eigenvalue weighted by Gasteiger charge is -2.25. The zero-order valence-electron chi connectivity index (χ0n) is 9.16. The molecule has 1 saturated carbocycles. The van der Waals surface area contributed by atoms with Crippen LogP contribution in [-0.2, 0) is 18.6 Å². The van der Waals surface area contributed by atoms with E-state index in [2.05, 4.69) is 30.1 Å². The number of likely N-dealkylation sites (N-methyl/N-ethyl adjacent to an activating group) is 1. The van der Waals surface area contributed by atoms with E-state index >= 15 is 0 Å². The minimum atomic E-state index is -0.474. The van der Waals surface area contributed by atoms with Gasteiger partial charge < -0.3 is 10.0 Å². The molecule has 0 atom stereocenters. The first-order valence-corrected chi connectivity index (χ1v) is 5.71. The molecule has 1 fully saturated rings. The molecule has 2 nitrogen and oxygen atoms in total. The van der Waals surface area contributed by atoms with Gasteiger partial charge in [-0.3, -0.25) is 0 Å². The lowest BCUT2D eigenvalue weighted by atomic mass is 9.95. The quantitative estimate of drug-likeness (QED) is 0.750. The number of hydrogen-bond donors (Lipinski definition) is 1. The fourth-order valence-corrected chi connectivity index (χ4v) is 2.39. The van der Waals surface area contributed by atoms with E-state index in [1.54, 1.807) is 0 Å². The molecule has 0 spiro atoms. The lowest BCUT2D eigenvalue weighted by molar-refractivity contribution is 0.151. The number of nitrogens with zero attached hydrogens (tertiary/aromatic N) is 1. The predicted molar refractivity (Wildman–Crippen MR) is 59.6 cm³/mol. The molecule has 1 aromatic carbocycles. The van der Waals surface area contributed by atoms with Crippen LogP contribution in [0.15, 0.2) is 18.2 Å². The smallest absolute Gasteiger partial charge is 0.0899 e. The van der Waals surface area contributed by atoms with Gasteiger partial charge in [-0.05, 0) is 43.0 Å². The normalized spacial score (nSPS) is 23.6. The second-order valence-corrected chi connectivity index (χ2v) is 5.00. The van der Waals surface area contributed by atoms with Gasteiger partial charge in [0, 0.05) is 13.1 Å².